The molecular formula is C16H25NO3. The fourth-order valence-electron chi connectivity index (χ4n) is 2.67. The van der Waals surface area contributed by atoms with Gasteiger partial charge in [0.15, 0.2) is 0 Å². The predicted octanol–water partition coefficient (Wildman–Crippen LogP) is 1.67. The van der Waals surface area contributed by atoms with Crippen molar-refractivity contribution in [3.8, 4) is 0 Å². The fraction of sp³-hybridized carbons (Fsp3) is 0.625. The zero-order valence-corrected chi connectivity index (χ0v) is 12.4. The van der Waals surface area contributed by atoms with Gasteiger partial charge < -0.3 is 14.6 Å². The zero-order chi connectivity index (χ0) is 14.4. The van der Waals surface area contributed by atoms with E-state index in [-0.39, 0.29) is 12.2 Å². The Bertz CT molecular complexity index is 375. The minimum absolute atomic E-state index is 0.233. The normalized spacial score (nSPS) is 25.6. The van der Waals surface area contributed by atoms with Crippen LogP contribution in [0.25, 0.3) is 0 Å². The van der Waals surface area contributed by atoms with Crippen LogP contribution < -0.4 is 0 Å². The Morgan fingerprint density at radius 1 is 1.25 bits per heavy atom. The number of benzene rings is 1. The molecule has 0 aromatic heterocycles. The van der Waals surface area contributed by atoms with Crippen LogP contribution in [-0.4, -0.2) is 54.6 Å². The van der Waals surface area contributed by atoms with E-state index in [0.29, 0.717) is 19.8 Å². The van der Waals surface area contributed by atoms with Crippen molar-refractivity contribution >= 4 is 0 Å². The van der Waals surface area contributed by atoms with Gasteiger partial charge in [-0.1, -0.05) is 30.3 Å². The van der Waals surface area contributed by atoms with Gasteiger partial charge in [0.2, 0.25) is 0 Å². The molecule has 3 atom stereocenters. The minimum atomic E-state index is -0.448. The largest absolute Gasteiger partial charge is 0.389 e. The molecule has 1 aromatic carbocycles. The summed E-state index contributed by atoms with van der Waals surface area (Å²) >= 11 is 0. The topological polar surface area (TPSA) is 41.9 Å². The van der Waals surface area contributed by atoms with Crippen molar-refractivity contribution in [2.24, 2.45) is 0 Å². The van der Waals surface area contributed by atoms with Gasteiger partial charge in [0.1, 0.15) is 0 Å². The molecule has 0 bridgehead atoms. The molecule has 1 aromatic rings. The first-order valence-electron chi connectivity index (χ1n) is 7.31. The summed E-state index contributed by atoms with van der Waals surface area (Å²) in [5.74, 6) is 0. The van der Waals surface area contributed by atoms with Crippen LogP contribution in [-0.2, 0) is 16.1 Å². The summed E-state index contributed by atoms with van der Waals surface area (Å²) in [5, 5.41) is 10.0. The van der Waals surface area contributed by atoms with E-state index in [1.54, 1.807) is 0 Å². The Morgan fingerprint density at radius 3 is 2.55 bits per heavy atom. The third kappa shape index (κ3) is 5.21. The molecule has 1 N–H and O–H groups in total. The van der Waals surface area contributed by atoms with E-state index >= 15 is 0 Å². The zero-order valence-electron chi connectivity index (χ0n) is 12.4. The first-order valence-corrected chi connectivity index (χ1v) is 7.31. The Balaban J connectivity index is 1.66. The number of nitrogens with zero attached hydrogens (tertiary/aromatic N) is 1. The Morgan fingerprint density at radius 2 is 1.90 bits per heavy atom. The van der Waals surface area contributed by atoms with Crippen LogP contribution in [0.2, 0.25) is 0 Å². The second kappa shape index (κ2) is 7.74. The lowest BCUT2D eigenvalue weighted by atomic mass is 10.2. The SMILES string of the molecule is C[C@@H]1CN(CC(O)COCc2ccccc2)C[C@H](C)O1. The standard InChI is InChI=1S/C16H25NO3/c1-13-8-17(9-14(2)20-13)10-16(18)12-19-11-15-6-4-3-5-7-15/h3-7,13-14,16,18H,8-12H2,1-2H3/t13-,14+,16?. The molecule has 0 radical (unpaired) electrons. The second-order valence-corrected chi connectivity index (χ2v) is 5.63. The number of aliphatic hydroxyl groups excluding tert-OH is 1. The van der Waals surface area contributed by atoms with Gasteiger partial charge in [-0.25, -0.2) is 0 Å². The lowest BCUT2D eigenvalue weighted by Gasteiger charge is -2.36. The fourth-order valence-corrected chi connectivity index (χ4v) is 2.67. The third-order valence-corrected chi connectivity index (χ3v) is 3.39. The van der Waals surface area contributed by atoms with Crippen LogP contribution >= 0.6 is 0 Å². The van der Waals surface area contributed by atoms with Crippen molar-refractivity contribution in [3.05, 3.63) is 35.9 Å². The summed E-state index contributed by atoms with van der Waals surface area (Å²) in [5.41, 5.74) is 1.13. The lowest BCUT2D eigenvalue weighted by Crippen LogP contribution is -2.48. The van der Waals surface area contributed by atoms with Gasteiger partial charge in [-0.2, -0.15) is 0 Å². The molecule has 0 amide bonds. The molecule has 1 aliphatic heterocycles. The van der Waals surface area contributed by atoms with Gasteiger partial charge in [0, 0.05) is 19.6 Å². The average molecular weight is 279 g/mol. The third-order valence-electron chi connectivity index (χ3n) is 3.39. The molecule has 1 saturated heterocycles. The highest BCUT2D eigenvalue weighted by molar-refractivity contribution is 5.13. The summed E-state index contributed by atoms with van der Waals surface area (Å²) in [6.07, 6.45) is 0.0172. The number of ether oxygens (including phenoxy) is 2. The van der Waals surface area contributed by atoms with Gasteiger partial charge in [-0.3, -0.25) is 4.90 Å². The molecule has 4 heteroatoms. The molecule has 0 aliphatic carbocycles. The first kappa shape index (κ1) is 15.4. The molecule has 1 unspecified atom stereocenters. The van der Waals surface area contributed by atoms with Crippen molar-refractivity contribution in [1.29, 1.82) is 0 Å². The summed E-state index contributed by atoms with van der Waals surface area (Å²) in [4.78, 5) is 2.25. The van der Waals surface area contributed by atoms with Gasteiger partial charge in [0.05, 0.1) is 31.5 Å². The number of rotatable bonds is 6. The number of hydrogen-bond acceptors (Lipinski definition) is 4. The highest BCUT2D eigenvalue weighted by Gasteiger charge is 2.23. The Labute approximate surface area is 121 Å². The number of aliphatic hydroxyl groups is 1. The molecular weight excluding hydrogens is 254 g/mol. The Hall–Kier alpha value is -0.940. The van der Waals surface area contributed by atoms with Crippen LogP contribution in [0.1, 0.15) is 19.4 Å². The monoisotopic (exact) mass is 279 g/mol. The van der Waals surface area contributed by atoms with E-state index in [1.165, 1.54) is 0 Å². The molecule has 2 rings (SSSR count). The van der Waals surface area contributed by atoms with E-state index < -0.39 is 6.10 Å². The highest BCUT2D eigenvalue weighted by Crippen LogP contribution is 2.11. The second-order valence-electron chi connectivity index (χ2n) is 5.63. The molecule has 20 heavy (non-hydrogen) atoms. The van der Waals surface area contributed by atoms with Gasteiger partial charge in [-0.15, -0.1) is 0 Å². The van der Waals surface area contributed by atoms with E-state index in [0.717, 1.165) is 18.7 Å². The maximum absolute atomic E-state index is 10.0. The first-order chi connectivity index (χ1) is 9.63. The number of β-amino-alcohol motifs (C(OH)–C–C–N with tert-alkyl or cyclic N) is 1. The molecule has 112 valence electrons. The molecule has 1 heterocycles. The maximum Gasteiger partial charge on any atom is 0.0900 e. The number of morpholine rings is 1. The number of hydrogen-bond donors (Lipinski definition) is 1. The quantitative estimate of drug-likeness (QED) is 0.860. The summed E-state index contributed by atoms with van der Waals surface area (Å²) in [6, 6.07) is 10.0. The van der Waals surface area contributed by atoms with Crippen molar-refractivity contribution in [2.75, 3.05) is 26.2 Å². The summed E-state index contributed by atoms with van der Waals surface area (Å²) < 4.78 is 11.3. The molecule has 1 fully saturated rings. The highest BCUT2D eigenvalue weighted by atomic mass is 16.5. The average Bonchev–Trinajstić information content (AvgIpc) is 2.38. The summed E-state index contributed by atoms with van der Waals surface area (Å²) in [7, 11) is 0. The van der Waals surface area contributed by atoms with Crippen molar-refractivity contribution in [3.63, 3.8) is 0 Å². The van der Waals surface area contributed by atoms with Crippen LogP contribution in [0, 0.1) is 0 Å². The molecule has 0 saturated carbocycles. The maximum atomic E-state index is 10.0. The van der Waals surface area contributed by atoms with Crippen molar-refractivity contribution in [1.82, 2.24) is 4.90 Å². The molecule has 4 nitrogen and oxygen atoms in total. The van der Waals surface area contributed by atoms with Crippen molar-refractivity contribution in [2.45, 2.75) is 38.8 Å². The smallest absolute Gasteiger partial charge is 0.0900 e. The van der Waals surface area contributed by atoms with Crippen molar-refractivity contribution < 1.29 is 14.6 Å². The summed E-state index contributed by atoms with van der Waals surface area (Å²) in [6.45, 7) is 7.46. The molecule has 0 spiro atoms. The molecule has 1 aliphatic rings. The van der Waals surface area contributed by atoms with Crippen LogP contribution in [0.5, 0.6) is 0 Å². The van der Waals surface area contributed by atoms with Crippen LogP contribution in [0.4, 0.5) is 0 Å². The van der Waals surface area contributed by atoms with Gasteiger partial charge in [-0.05, 0) is 19.4 Å². The van der Waals surface area contributed by atoms with E-state index in [9.17, 15) is 5.11 Å². The van der Waals surface area contributed by atoms with Crippen LogP contribution in [0.15, 0.2) is 30.3 Å². The van der Waals surface area contributed by atoms with Crippen LogP contribution in [0.3, 0.4) is 0 Å². The van der Waals surface area contributed by atoms with Gasteiger partial charge >= 0.3 is 0 Å². The lowest BCUT2D eigenvalue weighted by molar-refractivity contribution is -0.0826. The predicted molar refractivity (Wildman–Crippen MR) is 78.6 cm³/mol. The Kier molecular flexibility index (Phi) is 5.98. The van der Waals surface area contributed by atoms with E-state index in [1.807, 2.05) is 30.3 Å². The minimum Gasteiger partial charge on any atom is -0.389 e. The van der Waals surface area contributed by atoms with E-state index in [4.69, 9.17) is 9.47 Å². The van der Waals surface area contributed by atoms with E-state index in [2.05, 4.69) is 18.7 Å². The van der Waals surface area contributed by atoms with Gasteiger partial charge in [0.25, 0.3) is 0 Å².